The molecule has 2 amide bonds. The number of carbonyl (C=O) groups is 2. The number of hydrogen-bond acceptors (Lipinski definition) is 3. The van der Waals surface area contributed by atoms with Crippen LogP contribution >= 0.6 is 11.8 Å². The largest absolute Gasteiger partial charge is 0.352 e. The second-order valence-electron chi connectivity index (χ2n) is 8.47. The molecule has 0 heterocycles. The predicted molar refractivity (Wildman–Crippen MR) is 129 cm³/mol. The number of aryl methyl sites for hydroxylation is 1. The molecule has 31 heavy (non-hydrogen) atoms. The minimum Gasteiger partial charge on any atom is -0.352 e. The molecule has 4 nitrogen and oxygen atoms in total. The first-order valence-corrected chi connectivity index (χ1v) is 12.5. The zero-order chi connectivity index (χ0) is 22.1. The van der Waals surface area contributed by atoms with Gasteiger partial charge in [-0.05, 0) is 44.2 Å². The molecule has 3 rings (SSSR count). The summed E-state index contributed by atoms with van der Waals surface area (Å²) in [6.45, 7) is 4.48. The minimum atomic E-state index is -0.461. The number of rotatable bonds is 10. The van der Waals surface area contributed by atoms with E-state index in [1.165, 1.54) is 29.5 Å². The van der Waals surface area contributed by atoms with Gasteiger partial charge in [-0.1, -0.05) is 73.0 Å². The summed E-state index contributed by atoms with van der Waals surface area (Å²) in [5.41, 5.74) is 3.63. The van der Waals surface area contributed by atoms with Crippen LogP contribution in [0.2, 0.25) is 0 Å². The second-order valence-corrected chi connectivity index (χ2v) is 9.45. The van der Waals surface area contributed by atoms with Gasteiger partial charge in [-0.2, -0.15) is 0 Å². The minimum absolute atomic E-state index is 0.0297. The van der Waals surface area contributed by atoms with Gasteiger partial charge in [0.2, 0.25) is 11.8 Å². The lowest BCUT2D eigenvalue weighted by atomic mass is 10.1. The van der Waals surface area contributed by atoms with Gasteiger partial charge in [0, 0.05) is 18.3 Å². The summed E-state index contributed by atoms with van der Waals surface area (Å²) < 4.78 is 0. The maximum Gasteiger partial charge on any atom is 0.242 e. The Morgan fingerprint density at radius 3 is 2.39 bits per heavy atom. The van der Waals surface area contributed by atoms with Gasteiger partial charge < -0.3 is 10.2 Å². The normalized spacial score (nSPS) is 14.9. The fourth-order valence-electron chi connectivity index (χ4n) is 3.99. The smallest absolute Gasteiger partial charge is 0.242 e. The molecule has 2 aromatic carbocycles. The lowest BCUT2D eigenvalue weighted by Gasteiger charge is -2.29. The molecule has 1 aliphatic rings. The summed E-state index contributed by atoms with van der Waals surface area (Å²) in [5.74, 6) is 1.17. The quantitative estimate of drug-likeness (QED) is 0.583. The Labute approximate surface area is 190 Å². The Morgan fingerprint density at radius 1 is 1.03 bits per heavy atom. The summed E-state index contributed by atoms with van der Waals surface area (Å²) in [7, 11) is 0. The van der Waals surface area contributed by atoms with Crippen LogP contribution < -0.4 is 5.32 Å². The molecule has 5 heteroatoms. The average molecular weight is 439 g/mol. The van der Waals surface area contributed by atoms with Crippen LogP contribution in [0.1, 0.15) is 49.3 Å². The molecule has 1 unspecified atom stereocenters. The Bertz CT molecular complexity index is 832. The summed E-state index contributed by atoms with van der Waals surface area (Å²) in [6, 6.07) is 18.4. The van der Waals surface area contributed by atoms with Crippen molar-refractivity contribution in [2.75, 3.05) is 12.3 Å². The van der Waals surface area contributed by atoms with E-state index in [0.717, 1.165) is 25.0 Å². The Hall–Kier alpha value is -2.27. The van der Waals surface area contributed by atoms with Crippen LogP contribution in [-0.2, 0) is 21.8 Å². The highest BCUT2D eigenvalue weighted by Gasteiger charge is 2.28. The van der Waals surface area contributed by atoms with Crippen LogP contribution in [0.5, 0.6) is 0 Å². The molecule has 1 aliphatic carbocycles. The van der Waals surface area contributed by atoms with E-state index >= 15 is 0 Å². The van der Waals surface area contributed by atoms with E-state index in [2.05, 4.69) is 48.6 Å². The number of nitrogens with zero attached hydrogens (tertiary/aromatic N) is 1. The summed E-state index contributed by atoms with van der Waals surface area (Å²) in [6.07, 6.45) is 5.18. The highest BCUT2D eigenvalue weighted by molar-refractivity contribution is 7.99. The van der Waals surface area contributed by atoms with E-state index in [1.54, 1.807) is 16.7 Å². The van der Waals surface area contributed by atoms with Crippen molar-refractivity contribution in [2.45, 2.75) is 63.8 Å². The summed E-state index contributed by atoms with van der Waals surface area (Å²) in [5, 5.41) is 3.16. The number of thioether (sulfide) groups is 1. The first-order chi connectivity index (χ1) is 15.0. The molecule has 0 bridgehead atoms. The van der Waals surface area contributed by atoms with Crippen LogP contribution in [0.3, 0.4) is 0 Å². The number of benzene rings is 2. The third-order valence-electron chi connectivity index (χ3n) is 5.97. The Morgan fingerprint density at radius 2 is 1.71 bits per heavy atom. The number of carbonyl (C=O) groups excluding carboxylic acids is 2. The van der Waals surface area contributed by atoms with E-state index in [0.29, 0.717) is 12.3 Å². The average Bonchev–Trinajstić information content (AvgIpc) is 3.29. The number of hydrogen-bond donors (Lipinski definition) is 1. The van der Waals surface area contributed by atoms with Gasteiger partial charge in [0.05, 0.1) is 5.75 Å². The molecule has 2 aromatic rings. The first-order valence-electron chi connectivity index (χ1n) is 11.3. The van der Waals surface area contributed by atoms with Crippen molar-refractivity contribution in [3.63, 3.8) is 0 Å². The van der Waals surface area contributed by atoms with Gasteiger partial charge in [-0.15, -0.1) is 11.8 Å². The molecule has 0 aliphatic heterocycles. The van der Waals surface area contributed by atoms with Crippen molar-refractivity contribution in [3.8, 4) is 0 Å². The Balaban J connectivity index is 1.59. The Kier molecular flexibility index (Phi) is 9.01. The number of nitrogens with one attached hydrogen (secondary N) is 1. The highest BCUT2D eigenvalue weighted by atomic mass is 32.2. The van der Waals surface area contributed by atoms with Crippen molar-refractivity contribution in [2.24, 2.45) is 0 Å². The van der Waals surface area contributed by atoms with E-state index in [1.807, 2.05) is 25.1 Å². The standard InChI is InChI=1S/C26H34N2O2S/c1-20-12-14-23(15-13-20)18-31-19-25(29)28(17-16-22-8-4-3-5-9-22)21(2)26(30)27-24-10-6-7-11-24/h3-5,8-9,12-15,21,24H,6-7,10-11,16-19H2,1-2H3,(H,27,30). The van der Waals surface area contributed by atoms with Crippen molar-refractivity contribution in [3.05, 3.63) is 71.3 Å². The summed E-state index contributed by atoms with van der Waals surface area (Å²) in [4.78, 5) is 27.8. The van der Waals surface area contributed by atoms with Crippen molar-refractivity contribution >= 4 is 23.6 Å². The third-order valence-corrected chi connectivity index (χ3v) is 6.96. The topological polar surface area (TPSA) is 49.4 Å². The molecule has 1 atom stereocenters. The fourth-order valence-corrected chi connectivity index (χ4v) is 4.86. The maximum absolute atomic E-state index is 13.1. The fraction of sp³-hybridized carbons (Fsp3) is 0.462. The van der Waals surface area contributed by atoms with E-state index in [9.17, 15) is 9.59 Å². The molecule has 0 aromatic heterocycles. The van der Waals surface area contributed by atoms with E-state index < -0.39 is 6.04 Å². The van der Waals surface area contributed by atoms with Gasteiger partial charge in [0.1, 0.15) is 6.04 Å². The third kappa shape index (κ3) is 7.42. The molecular weight excluding hydrogens is 404 g/mol. The number of amides is 2. The van der Waals surface area contributed by atoms with Gasteiger partial charge in [-0.3, -0.25) is 9.59 Å². The molecule has 1 fully saturated rings. The predicted octanol–water partition coefficient (Wildman–Crippen LogP) is 4.75. The zero-order valence-electron chi connectivity index (χ0n) is 18.7. The van der Waals surface area contributed by atoms with Crippen LogP contribution in [-0.4, -0.2) is 41.1 Å². The first kappa shape index (κ1) is 23.4. The molecule has 1 N–H and O–H groups in total. The molecule has 166 valence electrons. The van der Waals surface area contributed by atoms with Gasteiger partial charge >= 0.3 is 0 Å². The second kappa shape index (κ2) is 11.9. The molecular formula is C26H34N2O2S. The lowest BCUT2D eigenvalue weighted by Crippen LogP contribution is -2.51. The SMILES string of the molecule is Cc1ccc(CSCC(=O)N(CCc2ccccc2)C(C)C(=O)NC2CCCC2)cc1. The summed E-state index contributed by atoms with van der Waals surface area (Å²) >= 11 is 1.61. The van der Waals surface area contributed by atoms with E-state index in [4.69, 9.17) is 0 Å². The van der Waals surface area contributed by atoms with Crippen LogP contribution in [0, 0.1) is 6.92 Å². The van der Waals surface area contributed by atoms with Gasteiger partial charge in [0.25, 0.3) is 0 Å². The molecule has 0 saturated heterocycles. The lowest BCUT2D eigenvalue weighted by molar-refractivity contribution is -0.138. The zero-order valence-corrected chi connectivity index (χ0v) is 19.5. The highest BCUT2D eigenvalue weighted by Crippen LogP contribution is 2.19. The van der Waals surface area contributed by atoms with Crippen molar-refractivity contribution in [1.29, 1.82) is 0 Å². The van der Waals surface area contributed by atoms with E-state index in [-0.39, 0.29) is 17.9 Å². The van der Waals surface area contributed by atoms with Crippen molar-refractivity contribution in [1.82, 2.24) is 10.2 Å². The van der Waals surface area contributed by atoms with Crippen LogP contribution in [0.4, 0.5) is 0 Å². The molecule has 0 spiro atoms. The van der Waals surface area contributed by atoms with Crippen LogP contribution in [0.25, 0.3) is 0 Å². The van der Waals surface area contributed by atoms with Crippen molar-refractivity contribution < 1.29 is 9.59 Å². The molecule has 0 radical (unpaired) electrons. The van der Waals surface area contributed by atoms with Crippen LogP contribution in [0.15, 0.2) is 54.6 Å². The monoisotopic (exact) mass is 438 g/mol. The van der Waals surface area contributed by atoms with Gasteiger partial charge in [-0.25, -0.2) is 0 Å². The maximum atomic E-state index is 13.1. The molecule has 1 saturated carbocycles. The van der Waals surface area contributed by atoms with Gasteiger partial charge in [0.15, 0.2) is 0 Å².